The second-order valence-corrected chi connectivity index (χ2v) is 3.40. The summed E-state index contributed by atoms with van der Waals surface area (Å²) in [6.45, 7) is 1.78. The molecule has 2 rings (SSSR count). The normalized spacial score (nSPS) is 11.8. The quantitative estimate of drug-likeness (QED) is 0.793. The Morgan fingerprint density at radius 3 is 2.25 bits per heavy atom. The molecule has 1 aromatic heterocycles. The summed E-state index contributed by atoms with van der Waals surface area (Å²) in [5, 5.41) is 0. The molecule has 5 heteroatoms. The van der Waals surface area contributed by atoms with Crippen LogP contribution in [0.15, 0.2) is 24.3 Å². The Bertz CT molecular complexity index is 483. The van der Waals surface area contributed by atoms with Gasteiger partial charge in [0.2, 0.25) is 0 Å². The van der Waals surface area contributed by atoms with E-state index in [1.165, 1.54) is 12.1 Å². The Morgan fingerprint density at radius 1 is 1.19 bits per heavy atom. The lowest BCUT2D eigenvalue weighted by atomic mass is 10.1. The summed E-state index contributed by atoms with van der Waals surface area (Å²) in [6, 6.07) is 4.84. The van der Waals surface area contributed by atoms with Crippen molar-refractivity contribution in [2.75, 3.05) is 0 Å². The Morgan fingerprint density at radius 2 is 1.81 bits per heavy atom. The summed E-state index contributed by atoms with van der Waals surface area (Å²) in [7, 11) is 0. The Kier molecular flexibility index (Phi) is 2.46. The minimum Gasteiger partial charge on any atom is -0.341 e. The fraction of sp³-hybridized carbons (Fsp3) is 0.182. The molecule has 0 aliphatic carbocycles. The van der Waals surface area contributed by atoms with Gasteiger partial charge >= 0.3 is 6.18 Å². The summed E-state index contributed by atoms with van der Waals surface area (Å²) in [4.78, 5) is 6.82. The van der Waals surface area contributed by atoms with Crippen molar-refractivity contribution in [3.8, 4) is 11.4 Å². The third-order valence-corrected chi connectivity index (χ3v) is 2.13. The molecule has 1 heterocycles. The number of alkyl halides is 3. The number of aromatic nitrogens is 2. The molecule has 1 radical (unpaired) electrons. The first kappa shape index (κ1) is 10.7. The van der Waals surface area contributed by atoms with Gasteiger partial charge in [-0.3, -0.25) is 0 Å². The highest BCUT2D eigenvalue weighted by molar-refractivity contribution is 5.55. The first-order chi connectivity index (χ1) is 7.47. The molecule has 83 valence electrons. The number of benzene rings is 1. The van der Waals surface area contributed by atoms with E-state index >= 15 is 0 Å². The molecule has 0 saturated carbocycles. The Balaban J connectivity index is 2.33. The van der Waals surface area contributed by atoms with Crippen molar-refractivity contribution < 1.29 is 13.2 Å². The second kappa shape index (κ2) is 3.66. The lowest BCUT2D eigenvalue weighted by molar-refractivity contribution is -0.137. The van der Waals surface area contributed by atoms with Crippen molar-refractivity contribution in [1.82, 2.24) is 9.97 Å². The van der Waals surface area contributed by atoms with E-state index in [0.717, 1.165) is 17.8 Å². The standard InChI is InChI=1S/C11H8F3N2/c1-7-6-15-10(16-7)8-2-4-9(5-3-8)11(12,13)14/h2-5H,1H3,(H,15,16). The minimum atomic E-state index is -4.30. The van der Waals surface area contributed by atoms with Crippen LogP contribution < -0.4 is 0 Å². The van der Waals surface area contributed by atoms with Gasteiger partial charge in [0.1, 0.15) is 12.0 Å². The SMILES string of the molecule is Cc1[c]nc(-c2ccc(C(F)(F)F)cc2)[nH]1. The third-order valence-electron chi connectivity index (χ3n) is 2.13. The van der Waals surface area contributed by atoms with Gasteiger partial charge in [-0.2, -0.15) is 13.2 Å². The summed E-state index contributed by atoms with van der Waals surface area (Å²) in [5.41, 5.74) is 0.691. The molecule has 0 bridgehead atoms. The van der Waals surface area contributed by atoms with Gasteiger partial charge in [0.25, 0.3) is 0 Å². The third kappa shape index (κ3) is 2.08. The van der Waals surface area contributed by atoms with Crippen LogP contribution >= 0.6 is 0 Å². The summed E-state index contributed by atoms with van der Waals surface area (Å²) in [6.07, 6.45) is -1.62. The number of nitrogens with zero attached hydrogens (tertiary/aromatic N) is 1. The molecule has 0 saturated heterocycles. The maximum atomic E-state index is 12.3. The number of imidazole rings is 1. The zero-order valence-corrected chi connectivity index (χ0v) is 8.39. The maximum absolute atomic E-state index is 12.3. The van der Waals surface area contributed by atoms with Gasteiger partial charge < -0.3 is 4.98 Å². The predicted octanol–water partition coefficient (Wildman–Crippen LogP) is 3.20. The van der Waals surface area contributed by atoms with Crippen LogP contribution in [-0.2, 0) is 6.18 Å². The highest BCUT2D eigenvalue weighted by Gasteiger charge is 2.30. The molecule has 0 atom stereocenters. The van der Waals surface area contributed by atoms with Crippen molar-refractivity contribution in [1.29, 1.82) is 0 Å². The van der Waals surface area contributed by atoms with Gasteiger partial charge in [-0.15, -0.1) is 0 Å². The van der Waals surface area contributed by atoms with Crippen LogP contribution in [0.1, 0.15) is 11.3 Å². The molecule has 0 aliphatic rings. The number of hydrogen-bond donors (Lipinski definition) is 1. The van der Waals surface area contributed by atoms with E-state index in [9.17, 15) is 13.2 Å². The van der Waals surface area contributed by atoms with Gasteiger partial charge in [0.15, 0.2) is 0 Å². The van der Waals surface area contributed by atoms with Gasteiger partial charge in [-0.1, -0.05) is 12.1 Å². The monoisotopic (exact) mass is 225 g/mol. The van der Waals surface area contributed by atoms with Crippen molar-refractivity contribution in [2.24, 2.45) is 0 Å². The number of aryl methyl sites for hydroxylation is 1. The number of hydrogen-bond acceptors (Lipinski definition) is 1. The maximum Gasteiger partial charge on any atom is 0.416 e. The largest absolute Gasteiger partial charge is 0.416 e. The average Bonchev–Trinajstić information content (AvgIpc) is 2.64. The number of rotatable bonds is 1. The first-order valence-corrected chi connectivity index (χ1v) is 4.59. The molecule has 0 spiro atoms. The predicted molar refractivity (Wildman–Crippen MR) is 52.6 cm³/mol. The summed E-state index contributed by atoms with van der Waals surface area (Å²) >= 11 is 0. The van der Waals surface area contributed by atoms with Gasteiger partial charge in [-0.05, 0) is 19.1 Å². The highest BCUT2D eigenvalue weighted by atomic mass is 19.4. The van der Waals surface area contributed by atoms with Crippen LogP contribution in [0.3, 0.4) is 0 Å². The lowest BCUT2D eigenvalue weighted by Crippen LogP contribution is -2.04. The molecule has 0 aliphatic heterocycles. The second-order valence-electron chi connectivity index (χ2n) is 3.40. The molecule has 0 unspecified atom stereocenters. The van der Waals surface area contributed by atoms with E-state index in [2.05, 4.69) is 16.2 Å². The van der Waals surface area contributed by atoms with Crippen LogP contribution in [0.5, 0.6) is 0 Å². The number of nitrogens with one attached hydrogen (secondary N) is 1. The summed E-state index contributed by atoms with van der Waals surface area (Å²) in [5.74, 6) is 0.520. The zero-order valence-electron chi connectivity index (χ0n) is 8.39. The van der Waals surface area contributed by atoms with Crippen molar-refractivity contribution in [3.05, 3.63) is 41.7 Å². The van der Waals surface area contributed by atoms with E-state index in [-0.39, 0.29) is 0 Å². The van der Waals surface area contributed by atoms with E-state index in [1.54, 1.807) is 6.92 Å². The van der Waals surface area contributed by atoms with E-state index < -0.39 is 11.7 Å². The van der Waals surface area contributed by atoms with Crippen LogP contribution in [0.25, 0.3) is 11.4 Å². The van der Waals surface area contributed by atoms with Crippen molar-refractivity contribution in [3.63, 3.8) is 0 Å². The van der Waals surface area contributed by atoms with Crippen LogP contribution in [0.2, 0.25) is 0 Å². The lowest BCUT2D eigenvalue weighted by Gasteiger charge is -2.06. The molecule has 2 nitrogen and oxygen atoms in total. The van der Waals surface area contributed by atoms with E-state index in [0.29, 0.717) is 11.4 Å². The smallest absolute Gasteiger partial charge is 0.341 e. The number of H-pyrrole nitrogens is 1. The average molecular weight is 225 g/mol. The van der Waals surface area contributed by atoms with Crippen LogP contribution in [0.4, 0.5) is 13.2 Å². The van der Waals surface area contributed by atoms with Gasteiger partial charge in [0, 0.05) is 11.3 Å². The molecule has 1 N–H and O–H groups in total. The molecular weight excluding hydrogens is 217 g/mol. The topological polar surface area (TPSA) is 28.7 Å². The van der Waals surface area contributed by atoms with E-state index in [4.69, 9.17) is 0 Å². The van der Waals surface area contributed by atoms with E-state index in [1.807, 2.05) is 0 Å². The van der Waals surface area contributed by atoms with Crippen molar-refractivity contribution in [2.45, 2.75) is 13.1 Å². The highest BCUT2D eigenvalue weighted by Crippen LogP contribution is 2.30. The van der Waals surface area contributed by atoms with Crippen molar-refractivity contribution >= 4 is 0 Å². The fourth-order valence-electron chi connectivity index (χ4n) is 1.33. The molecule has 2 aromatic rings. The Labute approximate surface area is 90.1 Å². The summed E-state index contributed by atoms with van der Waals surface area (Å²) < 4.78 is 36.9. The molecule has 1 aromatic carbocycles. The Hall–Kier alpha value is -1.78. The molecule has 0 amide bonds. The fourth-order valence-corrected chi connectivity index (χ4v) is 1.33. The number of halogens is 3. The van der Waals surface area contributed by atoms with Crippen LogP contribution in [-0.4, -0.2) is 9.97 Å². The molecule has 0 fully saturated rings. The van der Waals surface area contributed by atoms with Gasteiger partial charge in [0.05, 0.1) is 5.56 Å². The first-order valence-electron chi connectivity index (χ1n) is 4.59. The minimum absolute atomic E-state index is 0.520. The zero-order chi connectivity index (χ0) is 11.8. The number of aromatic amines is 1. The van der Waals surface area contributed by atoms with Gasteiger partial charge in [-0.25, -0.2) is 4.98 Å². The van der Waals surface area contributed by atoms with Crippen LogP contribution in [0, 0.1) is 13.1 Å². The molecular formula is C11H8F3N2. The molecule has 16 heavy (non-hydrogen) atoms.